The summed E-state index contributed by atoms with van der Waals surface area (Å²) in [5.41, 5.74) is 1.13. The molecule has 0 saturated heterocycles. The van der Waals surface area contributed by atoms with Crippen molar-refractivity contribution in [1.29, 1.82) is 0 Å². The Morgan fingerprint density at radius 2 is 2.21 bits per heavy atom. The van der Waals surface area contributed by atoms with Crippen molar-refractivity contribution in [1.82, 2.24) is 4.98 Å². The van der Waals surface area contributed by atoms with Crippen molar-refractivity contribution < 1.29 is 0 Å². The molecule has 1 atom stereocenters. The summed E-state index contributed by atoms with van der Waals surface area (Å²) in [6, 6.07) is 8.32. The predicted molar refractivity (Wildman–Crippen MR) is 65.2 cm³/mol. The van der Waals surface area contributed by atoms with Crippen LogP contribution in [-0.2, 0) is 0 Å². The Bertz CT molecular complexity index is 389. The highest BCUT2D eigenvalue weighted by Crippen LogP contribution is 2.32. The number of para-hydroxylation sites is 1. The standard InChI is InChI=1S/C11H13NS2/c1-3-8(2)13-11-12-9-6-4-5-7-10(9)14-11/h4-8H,3H2,1-2H3. The predicted octanol–water partition coefficient (Wildman–Crippen LogP) is 4.19. The second kappa shape index (κ2) is 4.32. The quantitative estimate of drug-likeness (QED) is 0.724. The molecule has 0 spiro atoms. The molecule has 1 aromatic heterocycles. The van der Waals surface area contributed by atoms with E-state index in [1.54, 1.807) is 11.3 Å². The van der Waals surface area contributed by atoms with Crippen LogP contribution in [0.5, 0.6) is 0 Å². The molecule has 0 radical (unpaired) electrons. The first-order valence-electron chi connectivity index (χ1n) is 4.82. The van der Waals surface area contributed by atoms with Crippen LogP contribution in [0.25, 0.3) is 10.2 Å². The summed E-state index contributed by atoms with van der Waals surface area (Å²) in [6.45, 7) is 4.46. The van der Waals surface area contributed by atoms with E-state index in [0.29, 0.717) is 5.25 Å². The summed E-state index contributed by atoms with van der Waals surface area (Å²) in [6.07, 6.45) is 1.20. The molecule has 0 fully saturated rings. The molecule has 2 aromatic rings. The molecule has 14 heavy (non-hydrogen) atoms. The van der Waals surface area contributed by atoms with Gasteiger partial charge in [-0.05, 0) is 18.6 Å². The van der Waals surface area contributed by atoms with Gasteiger partial charge in [0.05, 0.1) is 10.2 Å². The minimum absolute atomic E-state index is 0.663. The molecule has 1 aromatic carbocycles. The molecule has 74 valence electrons. The zero-order chi connectivity index (χ0) is 9.97. The summed E-state index contributed by atoms with van der Waals surface area (Å²) in [7, 11) is 0. The number of thioether (sulfide) groups is 1. The normalized spacial score (nSPS) is 13.3. The molecule has 2 rings (SSSR count). The fraction of sp³-hybridized carbons (Fsp3) is 0.364. The van der Waals surface area contributed by atoms with E-state index < -0.39 is 0 Å². The first kappa shape index (κ1) is 9.99. The van der Waals surface area contributed by atoms with E-state index in [2.05, 4.69) is 37.0 Å². The van der Waals surface area contributed by atoms with Crippen LogP contribution in [0.4, 0.5) is 0 Å². The Morgan fingerprint density at radius 3 is 2.93 bits per heavy atom. The maximum absolute atomic E-state index is 4.58. The number of thiazole rings is 1. The van der Waals surface area contributed by atoms with Gasteiger partial charge in [-0.1, -0.05) is 37.7 Å². The number of hydrogen-bond acceptors (Lipinski definition) is 3. The molecule has 0 saturated carbocycles. The van der Waals surface area contributed by atoms with E-state index in [4.69, 9.17) is 0 Å². The molecule has 1 nitrogen and oxygen atoms in total. The average Bonchev–Trinajstić information content (AvgIpc) is 2.59. The Labute approximate surface area is 92.6 Å². The monoisotopic (exact) mass is 223 g/mol. The highest BCUT2D eigenvalue weighted by atomic mass is 32.2. The topological polar surface area (TPSA) is 12.9 Å². The average molecular weight is 223 g/mol. The maximum Gasteiger partial charge on any atom is 0.151 e. The molecular weight excluding hydrogens is 210 g/mol. The van der Waals surface area contributed by atoms with Crippen LogP contribution < -0.4 is 0 Å². The SMILES string of the molecule is CCC(C)Sc1nc2ccccc2s1. The Morgan fingerprint density at radius 1 is 1.43 bits per heavy atom. The van der Waals surface area contributed by atoms with Crippen molar-refractivity contribution in [2.45, 2.75) is 29.9 Å². The Hall–Kier alpha value is -0.540. The lowest BCUT2D eigenvalue weighted by Gasteiger charge is -2.02. The summed E-state index contributed by atoms with van der Waals surface area (Å²) < 4.78 is 2.49. The number of aromatic nitrogens is 1. The number of nitrogens with zero attached hydrogens (tertiary/aromatic N) is 1. The van der Waals surface area contributed by atoms with Gasteiger partial charge in [0, 0.05) is 5.25 Å². The lowest BCUT2D eigenvalue weighted by molar-refractivity contribution is 0.905. The summed E-state index contributed by atoms with van der Waals surface area (Å²) in [4.78, 5) is 4.58. The largest absolute Gasteiger partial charge is 0.230 e. The first-order chi connectivity index (χ1) is 6.79. The van der Waals surface area contributed by atoms with Crippen molar-refractivity contribution in [3.05, 3.63) is 24.3 Å². The molecule has 1 heterocycles. The summed E-state index contributed by atoms with van der Waals surface area (Å²) in [5.74, 6) is 0. The van der Waals surface area contributed by atoms with Gasteiger partial charge >= 0.3 is 0 Å². The van der Waals surface area contributed by atoms with Gasteiger partial charge in [-0.3, -0.25) is 0 Å². The number of benzene rings is 1. The maximum atomic E-state index is 4.58. The van der Waals surface area contributed by atoms with Gasteiger partial charge in [-0.15, -0.1) is 11.3 Å². The van der Waals surface area contributed by atoms with Crippen LogP contribution in [0.2, 0.25) is 0 Å². The van der Waals surface area contributed by atoms with E-state index >= 15 is 0 Å². The van der Waals surface area contributed by atoms with Gasteiger partial charge in [-0.2, -0.15) is 0 Å². The highest BCUT2D eigenvalue weighted by molar-refractivity contribution is 8.01. The minimum Gasteiger partial charge on any atom is -0.230 e. The van der Waals surface area contributed by atoms with Crippen LogP contribution in [0.3, 0.4) is 0 Å². The molecule has 0 aliphatic heterocycles. The van der Waals surface area contributed by atoms with Gasteiger partial charge in [0.1, 0.15) is 0 Å². The van der Waals surface area contributed by atoms with Crippen LogP contribution >= 0.6 is 23.1 Å². The highest BCUT2D eigenvalue weighted by Gasteiger charge is 2.06. The van der Waals surface area contributed by atoms with Crippen LogP contribution in [0.1, 0.15) is 20.3 Å². The minimum atomic E-state index is 0.663. The second-order valence-electron chi connectivity index (χ2n) is 3.28. The zero-order valence-electron chi connectivity index (χ0n) is 8.36. The van der Waals surface area contributed by atoms with Crippen molar-refractivity contribution in [3.8, 4) is 0 Å². The lowest BCUT2D eigenvalue weighted by atomic mass is 10.3. The van der Waals surface area contributed by atoms with Crippen molar-refractivity contribution in [2.75, 3.05) is 0 Å². The molecule has 0 N–H and O–H groups in total. The van der Waals surface area contributed by atoms with Gasteiger partial charge < -0.3 is 0 Å². The molecule has 0 aliphatic rings. The Kier molecular flexibility index (Phi) is 3.08. The van der Waals surface area contributed by atoms with E-state index in [1.807, 2.05) is 17.8 Å². The van der Waals surface area contributed by atoms with E-state index in [0.717, 1.165) is 5.52 Å². The van der Waals surface area contributed by atoms with E-state index in [-0.39, 0.29) is 0 Å². The third kappa shape index (κ3) is 2.10. The van der Waals surface area contributed by atoms with Gasteiger partial charge in [0.2, 0.25) is 0 Å². The van der Waals surface area contributed by atoms with Gasteiger partial charge in [-0.25, -0.2) is 4.98 Å². The molecule has 1 unspecified atom stereocenters. The van der Waals surface area contributed by atoms with Gasteiger partial charge in [0.15, 0.2) is 4.34 Å². The fourth-order valence-electron chi connectivity index (χ4n) is 1.16. The molecular formula is C11H13NS2. The van der Waals surface area contributed by atoms with Crippen molar-refractivity contribution in [3.63, 3.8) is 0 Å². The van der Waals surface area contributed by atoms with Crippen molar-refractivity contribution in [2.24, 2.45) is 0 Å². The molecule has 0 amide bonds. The summed E-state index contributed by atoms with van der Waals surface area (Å²) >= 11 is 3.67. The smallest absolute Gasteiger partial charge is 0.151 e. The lowest BCUT2D eigenvalue weighted by Crippen LogP contribution is -1.90. The van der Waals surface area contributed by atoms with E-state index in [9.17, 15) is 0 Å². The fourth-order valence-corrected chi connectivity index (χ4v) is 3.47. The third-order valence-corrected chi connectivity index (χ3v) is 4.55. The number of fused-ring (bicyclic) bond motifs is 1. The van der Waals surface area contributed by atoms with Gasteiger partial charge in [0.25, 0.3) is 0 Å². The van der Waals surface area contributed by atoms with Crippen LogP contribution in [0, 0.1) is 0 Å². The second-order valence-corrected chi connectivity index (χ2v) is 6.00. The number of rotatable bonds is 3. The van der Waals surface area contributed by atoms with Crippen LogP contribution in [-0.4, -0.2) is 10.2 Å². The zero-order valence-corrected chi connectivity index (χ0v) is 9.99. The summed E-state index contributed by atoms with van der Waals surface area (Å²) in [5, 5.41) is 0.663. The first-order valence-corrected chi connectivity index (χ1v) is 6.51. The molecule has 3 heteroatoms. The van der Waals surface area contributed by atoms with Crippen molar-refractivity contribution >= 4 is 33.3 Å². The third-order valence-electron chi connectivity index (χ3n) is 2.15. The van der Waals surface area contributed by atoms with Crippen LogP contribution in [0.15, 0.2) is 28.6 Å². The molecule has 0 bridgehead atoms. The molecule has 0 aliphatic carbocycles. The van der Waals surface area contributed by atoms with E-state index in [1.165, 1.54) is 15.5 Å². The number of hydrogen-bond donors (Lipinski definition) is 0. The Balaban J connectivity index is 2.27.